The fraction of sp³-hybridized carbons (Fsp3) is 0.214. The molecule has 0 spiro atoms. The minimum Gasteiger partial charge on any atom is -0.478 e. The molecule has 2 aliphatic heterocycles. The van der Waals surface area contributed by atoms with E-state index in [1.54, 1.807) is 5.38 Å². The highest BCUT2D eigenvalue weighted by atomic mass is 35.5. The maximum atomic E-state index is 16.8. The zero-order valence-corrected chi connectivity index (χ0v) is 25.1. The number of amidine groups is 1. The number of carboxylic acid groups (broad SMARTS) is 1. The Labute approximate surface area is 262 Å². The largest absolute Gasteiger partial charge is 0.478 e. The van der Waals surface area contributed by atoms with Crippen molar-refractivity contribution in [2.75, 3.05) is 13.1 Å². The molecule has 0 aliphatic carbocycles. The van der Waals surface area contributed by atoms with Gasteiger partial charge in [0.25, 0.3) is 0 Å². The Morgan fingerprint density at radius 3 is 2.58 bits per heavy atom. The summed E-state index contributed by atoms with van der Waals surface area (Å²) in [7, 11) is -4.26. The molecule has 0 radical (unpaired) electrons. The molecule has 0 saturated carbocycles. The van der Waals surface area contributed by atoms with E-state index in [0.717, 1.165) is 42.6 Å². The number of halogens is 5. The molecule has 1 saturated heterocycles. The summed E-state index contributed by atoms with van der Waals surface area (Å²) in [5, 5.41) is 15.2. The van der Waals surface area contributed by atoms with Gasteiger partial charge in [0.05, 0.1) is 22.7 Å². The van der Waals surface area contributed by atoms with Crippen molar-refractivity contribution < 1.29 is 35.9 Å². The van der Waals surface area contributed by atoms with E-state index in [1.165, 1.54) is 34.6 Å². The fourth-order valence-corrected chi connectivity index (χ4v) is 7.24. The SMILES string of the molecule is O=C(O)c1ccc(S(=O)(=O)NCC2(F)CC3=C(c4ccn(C(F)F)n4)[C@H](c4ccc(F)cc4Cl)N=C(c4nccs4)N3C2)cc1. The Morgan fingerprint density at radius 2 is 1.96 bits per heavy atom. The second-order valence-electron chi connectivity index (χ2n) is 10.2. The van der Waals surface area contributed by atoms with Crippen LogP contribution in [-0.2, 0) is 10.0 Å². The molecule has 4 heterocycles. The predicted octanol–water partition coefficient (Wildman–Crippen LogP) is 5.53. The van der Waals surface area contributed by atoms with Crippen LogP contribution in [0.5, 0.6) is 0 Å². The smallest absolute Gasteiger partial charge is 0.335 e. The normalized spacial score (nSPS) is 20.1. The number of aliphatic imine (C=N–C) groups is 1. The maximum Gasteiger partial charge on any atom is 0.335 e. The minimum atomic E-state index is -4.26. The molecule has 2 aliphatic rings. The summed E-state index contributed by atoms with van der Waals surface area (Å²) in [5.74, 6) is -1.62. The van der Waals surface area contributed by atoms with Crippen LogP contribution in [0.4, 0.5) is 17.6 Å². The van der Waals surface area contributed by atoms with Crippen LogP contribution in [0.3, 0.4) is 0 Å². The quantitative estimate of drug-likeness (QED) is 0.222. The summed E-state index contributed by atoms with van der Waals surface area (Å²) >= 11 is 7.65. The molecular formula is C28H21ClF4N6O4S2. The highest BCUT2D eigenvalue weighted by Gasteiger charge is 2.49. The van der Waals surface area contributed by atoms with Gasteiger partial charge in [-0.05, 0) is 42.5 Å². The average molecular weight is 681 g/mol. The van der Waals surface area contributed by atoms with E-state index < -0.39 is 46.6 Å². The number of aromatic nitrogens is 3. The summed E-state index contributed by atoms with van der Waals surface area (Å²) in [4.78, 5) is 21.5. The number of nitrogens with one attached hydrogen (secondary N) is 1. The van der Waals surface area contributed by atoms with Crippen molar-refractivity contribution in [1.82, 2.24) is 24.4 Å². The Kier molecular flexibility index (Phi) is 8.01. The van der Waals surface area contributed by atoms with Gasteiger partial charge in [-0.2, -0.15) is 13.9 Å². The van der Waals surface area contributed by atoms with Crippen LogP contribution in [0.15, 0.2) is 81.9 Å². The van der Waals surface area contributed by atoms with Crippen LogP contribution in [0.25, 0.3) is 5.57 Å². The number of fused-ring (bicyclic) bond motifs is 1. The van der Waals surface area contributed by atoms with E-state index in [9.17, 15) is 26.4 Å². The highest BCUT2D eigenvalue weighted by molar-refractivity contribution is 7.89. The Balaban J connectivity index is 1.42. The summed E-state index contributed by atoms with van der Waals surface area (Å²) < 4.78 is 86.6. The molecule has 2 atom stereocenters. The first kappa shape index (κ1) is 30.9. The van der Waals surface area contributed by atoms with Crippen molar-refractivity contribution in [1.29, 1.82) is 0 Å². The van der Waals surface area contributed by atoms with E-state index in [1.807, 2.05) is 0 Å². The van der Waals surface area contributed by atoms with Gasteiger partial charge in [0.15, 0.2) is 10.8 Å². The van der Waals surface area contributed by atoms with E-state index in [2.05, 4.69) is 14.8 Å². The van der Waals surface area contributed by atoms with Crippen molar-refractivity contribution >= 4 is 50.3 Å². The van der Waals surface area contributed by atoms with Gasteiger partial charge < -0.3 is 10.0 Å². The van der Waals surface area contributed by atoms with E-state index in [4.69, 9.17) is 21.7 Å². The Morgan fingerprint density at radius 1 is 1.20 bits per heavy atom. The number of carboxylic acids is 1. The number of alkyl halides is 3. The van der Waals surface area contributed by atoms with Crippen LogP contribution in [0.2, 0.25) is 5.02 Å². The highest BCUT2D eigenvalue weighted by Crippen LogP contribution is 2.48. The monoisotopic (exact) mass is 680 g/mol. The van der Waals surface area contributed by atoms with Gasteiger partial charge >= 0.3 is 12.5 Å². The summed E-state index contributed by atoms with van der Waals surface area (Å²) in [5.41, 5.74) is -1.49. The van der Waals surface area contributed by atoms with E-state index >= 15 is 4.39 Å². The van der Waals surface area contributed by atoms with Crippen LogP contribution in [-0.4, -0.2) is 63.8 Å². The van der Waals surface area contributed by atoms with Crippen molar-refractivity contribution in [2.24, 2.45) is 4.99 Å². The van der Waals surface area contributed by atoms with Crippen molar-refractivity contribution in [3.63, 3.8) is 0 Å². The lowest BCUT2D eigenvalue weighted by atomic mass is 9.91. The molecule has 234 valence electrons. The topological polar surface area (TPSA) is 130 Å². The molecule has 6 rings (SSSR count). The molecule has 2 aromatic carbocycles. The molecular weight excluding hydrogens is 660 g/mol. The predicted molar refractivity (Wildman–Crippen MR) is 157 cm³/mol. The van der Waals surface area contributed by atoms with Gasteiger partial charge in [0.1, 0.15) is 17.5 Å². The number of rotatable bonds is 9. The molecule has 1 unspecified atom stereocenters. The molecule has 0 amide bonds. The summed E-state index contributed by atoms with van der Waals surface area (Å²) in [6.07, 6.45) is 2.20. The van der Waals surface area contributed by atoms with Crippen LogP contribution < -0.4 is 4.72 Å². The van der Waals surface area contributed by atoms with Crippen LogP contribution in [0, 0.1) is 5.82 Å². The maximum absolute atomic E-state index is 16.8. The Bertz CT molecular complexity index is 1950. The molecule has 2 aromatic heterocycles. The number of carbonyl (C=O) groups is 1. The van der Waals surface area contributed by atoms with E-state index in [-0.39, 0.29) is 51.2 Å². The van der Waals surface area contributed by atoms with Crippen molar-refractivity contribution in [2.45, 2.75) is 29.6 Å². The molecule has 1 fully saturated rings. The average Bonchev–Trinajstić information content (AvgIpc) is 3.76. The van der Waals surface area contributed by atoms with Gasteiger partial charge in [-0.25, -0.2) is 36.4 Å². The lowest BCUT2D eigenvalue weighted by Crippen LogP contribution is -2.43. The number of allylic oxidation sites excluding steroid dienone is 1. The zero-order chi connectivity index (χ0) is 32.1. The second kappa shape index (κ2) is 11.7. The lowest BCUT2D eigenvalue weighted by molar-refractivity contribution is 0.0564. The lowest BCUT2D eigenvalue weighted by Gasteiger charge is -2.32. The molecule has 2 N–H and O–H groups in total. The number of hydrogen-bond donors (Lipinski definition) is 2. The first-order chi connectivity index (χ1) is 21.3. The van der Waals surface area contributed by atoms with Crippen molar-refractivity contribution in [3.8, 4) is 0 Å². The van der Waals surface area contributed by atoms with Crippen LogP contribution in [0.1, 0.15) is 45.6 Å². The summed E-state index contributed by atoms with van der Waals surface area (Å²) in [6.45, 7) is -4.04. The molecule has 10 nitrogen and oxygen atoms in total. The number of aromatic carboxylic acids is 1. The molecule has 17 heteroatoms. The van der Waals surface area contributed by atoms with Gasteiger partial charge in [0, 0.05) is 52.6 Å². The van der Waals surface area contributed by atoms with E-state index in [0.29, 0.717) is 15.3 Å². The summed E-state index contributed by atoms with van der Waals surface area (Å²) in [6, 6.07) is 8.35. The molecule has 45 heavy (non-hydrogen) atoms. The number of hydrogen-bond acceptors (Lipinski definition) is 8. The number of sulfonamides is 1. The third-order valence-corrected chi connectivity index (χ3v) is 9.81. The first-order valence-electron chi connectivity index (χ1n) is 13.1. The third kappa shape index (κ3) is 5.97. The second-order valence-corrected chi connectivity index (χ2v) is 13.3. The fourth-order valence-electron chi connectivity index (χ4n) is 5.22. The van der Waals surface area contributed by atoms with Gasteiger partial charge in [-0.15, -0.1) is 11.3 Å². The number of nitrogens with zero attached hydrogens (tertiary/aromatic N) is 5. The minimum absolute atomic E-state index is 0.00623. The third-order valence-electron chi connectivity index (χ3n) is 7.30. The zero-order valence-electron chi connectivity index (χ0n) is 22.7. The Hall–Kier alpha value is -4.12. The standard InChI is InChI=1S/C28H21ClF4N6O4S2/c29-19-11-16(30)3-6-18(19)23-22(20-7-9-39(37-20)27(31)32)21-12-28(33,14-38(21)24(36-23)25-34-8-10-44-25)13-35-45(42,43)17-4-1-15(2-5-17)26(40)41/h1-11,23,27,35H,12-14H2,(H,40,41)/t23-,28?/m0/s1. The molecule has 0 bridgehead atoms. The van der Waals surface area contributed by atoms with Crippen LogP contribution >= 0.6 is 22.9 Å². The molecule has 4 aromatic rings. The number of thiazole rings is 1. The van der Waals surface area contributed by atoms with Gasteiger partial charge in [0.2, 0.25) is 10.0 Å². The number of benzene rings is 2. The van der Waals surface area contributed by atoms with Gasteiger partial charge in [-0.1, -0.05) is 17.7 Å². The van der Waals surface area contributed by atoms with Gasteiger partial charge in [-0.3, -0.25) is 4.99 Å². The van der Waals surface area contributed by atoms with Crippen molar-refractivity contribution in [3.05, 3.63) is 105 Å². The first-order valence-corrected chi connectivity index (χ1v) is 15.9.